The van der Waals surface area contributed by atoms with Gasteiger partial charge >= 0.3 is 0 Å². The van der Waals surface area contributed by atoms with Crippen molar-refractivity contribution >= 4 is 21.6 Å². The third-order valence-electron chi connectivity index (χ3n) is 4.86. The molecular weight excluding hydrogens is 398 g/mol. The topological polar surface area (TPSA) is 110 Å². The van der Waals surface area contributed by atoms with E-state index in [2.05, 4.69) is 0 Å². The highest BCUT2D eigenvalue weighted by molar-refractivity contribution is 7.89. The quantitative estimate of drug-likeness (QED) is 0.542. The molecule has 1 aliphatic rings. The van der Waals surface area contributed by atoms with E-state index in [0.717, 1.165) is 6.07 Å². The summed E-state index contributed by atoms with van der Waals surface area (Å²) in [5.74, 6) is 0.228. The Bertz CT molecular complexity index is 1050. The molecule has 0 aliphatic carbocycles. The first-order valence-electron chi connectivity index (χ1n) is 8.93. The number of nitrogens with zero attached hydrogens (tertiary/aromatic N) is 3. The molecule has 29 heavy (non-hydrogen) atoms. The van der Waals surface area contributed by atoms with Gasteiger partial charge in [-0.1, -0.05) is 18.2 Å². The minimum atomic E-state index is -3.91. The summed E-state index contributed by atoms with van der Waals surface area (Å²) in [5, 5.41) is 11.0. The zero-order chi connectivity index (χ0) is 21.2. The second kappa shape index (κ2) is 8.18. The Kier molecular flexibility index (Phi) is 5.85. The predicted octanol–water partition coefficient (Wildman–Crippen LogP) is 2.06. The highest BCUT2D eigenvalue weighted by Crippen LogP contribution is 2.26. The highest BCUT2D eigenvalue weighted by Gasteiger charge is 2.32. The fraction of sp³-hybridized carbons (Fsp3) is 0.316. The van der Waals surface area contributed by atoms with Crippen molar-refractivity contribution in [2.45, 2.75) is 11.8 Å². The molecule has 0 saturated carbocycles. The second-order valence-electron chi connectivity index (χ2n) is 6.60. The molecule has 0 N–H and O–H groups in total. The standard InChI is InChI=1S/C19H21N3O6S/c1-14-7-8-15(22(24)25)13-18(14)29(26,27)21-11-9-20(10-12-21)19(23)16-5-3-4-6-17(16)28-2/h3-8,13H,9-12H2,1-2H3. The van der Waals surface area contributed by atoms with E-state index >= 15 is 0 Å². The molecule has 2 aromatic carbocycles. The SMILES string of the molecule is COc1ccccc1C(=O)N1CCN(S(=O)(=O)c2cc([N+](=O)[O-])ccc2C)CC1. The van der Waals surface area contributed by atoms with Crippen LogP contribution in [-0.2, 0) is 10.0 Å². The Morgan fingerprint density at radius 3 is 2.38 bits per heavy atom. The molecule has 0 bridgehead atoms. The number of sulfonamides is 1. The number of ether oxygens (including phenoxy) is 1. The molecule has 3 rings (SSSR count). The van der Waals surface area contributed by atoms with Gasteiger partial charge in [-0.25, -0.2) is 8.42 Å². The van der Waals surface area contributed by atoms with Gasteiger partial charge in [0.15, 0.2) is 0 Å². The lowest BCUT2D eigenvalue weighted by Crippen LogP contribution is -2.50. The van der Waals surface area contributed by atoms with Gasteiger partial charge in [0.2, 0.25) is 10.0 Å². The first kappa shape index (κ1) is 20.7. The van der Waals surface area contributed by atoms with Gasteiger partial charge in [0.25, 0.3) is 11.6 Å². The number of benzene rings is 2. The van der Waals surface area contributed by atoms with E-state index in [4.69, 9.17) is 4.74 Å². The van der Waals surface area contributed by atoms with E-state index in [-0.39, 0.29) is 42.7 Å². The number of piperazine rings is 1. The maximum Gasteiger partial charge on any atom is 0.270 e. The maximum absolute atomic E-state index is 13.0. The van der Waals surface area contributed by atoms with Crippen molar-refractivity contribution in [3.8, 4) is 5.75 Å². The molecule has 1 aliphatic heterocycles. The van der Waals surface area contributed by atoms with E-state index in [1.54, 1.807) is 36.1 Å². The van der Waals surface area contributed by atoms with Crippen LogP contribution in [0.4, 0.5) is 5.69 Å². The summed E-state index contributed by atoms with van der Waals surface area (Å²) < 4.78 is 32.5. The lowest BCUT2D eigenvalue weighted by atomic mass is 10.1. The minimum Gasteiger partial charge on any atom is -0.496 e. The summed E-state index contributed by atoms with van der Waals surface area (Å²) in [5.41, 5.74) is 0.572. The van der Waals surface area contributed by atoms with Crippen LogP contribution in [0, 0.1) is 17.0 Å². The van der Waals surface area contributed by atoms with Gasteiger partial charge in [0.1, 0.15) is 5.75 Å². The van der Waals surface area contributed by atoms with Crippen LogP contribution in [0.1, 0.15) is 15.9 Å². The van der Waals surface area contributed by atoms with Crippen LogP contribution in [0.25, 0.3) is 0 Å². The largest absolute Gasteiger partial charge is 0.496 e. The lowest BCUT2D eigenvalue weighted by molar-refractivity contribution is -0.385. The molecule has 10 heteroatoms. The fourth-order valence-electron chi connectivity index (χ4n) is 3.24. The first-order chi connectivity index (χ1) is 13.8. The van der Waals surface area contributed by atoms with E-state index in [1.165, 1.54) is 23.5 Å². The van der Waals surface area contributed by atoms with Crippen LogP contribution < -0.4 is 4.74 Å². The number of hydrogen-bond donors (Lipinski definition) is 0. The van der Waals surface area contributed by atoms with Crippen molar-refractivity contribution in [1.29, 1.82) is 0 Å². The number of non-ortho nitro benzene ring substituents is 1. The average Bonchev–Trinajstić information content (AvgIpc) is 2.73. The van der Waals surface area contributed by atoms with Crippen LogP contribution in [0.3, 0.4) is 0 Å². The van der Waals surface area contributed by atoms with Gasteiger partial charge in [-0.15, -0.1) is 0 Å². The van der Waals surface area contributed by atoms with Crippen molar-refractivity contribution in [3.63, 3.8) is 0 Å². The number of aryl methyl sites for hydroxylation is 1. The molecule has 0 aromatic heterocycles. The van der Waals surface area contributed by atoms with Gasteiger partial charge in [0, 0.05) is 38.3 Å². The third-order valence-corrected chi connectivity index (χ3v) is 6.90. The number of para-hydroxylation sites is 1. The molecule has 0 unspecified atom stereocenters. The van der Waals surface area contributed by atoms with Gasteiger partial charge in [-0.3, -0.25) is 14.9 Å². The number of carbonyl (C=O) groups excluding carboxylic acids is 1. The lowest BCUT2D eigenvalue weighted by Gasteiger charge is -2.34. The normalized spacial score (nSPS) is 15.2. The van der Waals surface area contributed by atoms with Gasteiger partial charge in [0.05, 0.1) is 22.5 Å². The summed E-state index contributed by atoms with van der Waals surface area (Å²) in [4.78, 5) is 24.7. The highest BCUT2D eigenvalue weighted by atomic mass is 32.2. The number of nitro benzene ring substituents is 1. The summed E-state index contributed by atoms with van der Waals surface area (Å²) >= 11 is 0. The predicted molar refractivity (Wildman–Crippen MR) is 105 cm³/mol. The van der Waals surface area contributed by atoms with E-state index in [1.807, 2.05) is 0 Å². The van der Waals surface area contributed by atoms with Gasteiger partial charge in [-0.2, -0.15) is 4.31 Å². The van der Waals surface area contributed by atoms with Gasteiger partial charge < -0.3 is 9.64 Å². The average molecular weight is 419 g/mol. The second-order valence-corrected chi connectivity index (χ2v) is 8.51. The van der Waals surface area contributed by atoms with Crippen molar-refractivity contribution in [3.05, 3.63) is 63.7 Å². The van der Waals surface area contributed by atoms with Crippen molar-refractivity contribution in [2.24, 2.45) is 0 Å². The molecule has 2 aromatic rings. The molecule has 1 amide bonds. The van der Waals surface area contributed by atoms with E-state index < -0.39 is 14.9 Å². The summed E-state index contributed by atoms with van der Waals surface area (Å²) in [7, 11) is -2.42. The minimum absolute atomic E-state index is 0.0868. The zero-order valence-corrected chi connectivity index (χ0v) is 16.9. The molecule has 9 nitrogen and oxygen atoms in total. The number of methoxy groups -OCH3 is 1. The smallest absolute Gasteiger partial charge is 0.270 e. The zero-order valence-electron chi connectivity index (χ0n) is 16.1. The number of carbonyl (C=O) groups is 1. The summed E-state index contributed by atoms with van der Waals surface area (Å²) in [6.07, 6.45) is 0. The fourth-order valence-corrected chi connectivity index (χ4v) is 4.91. The van der Waals surface area contributed by atoms with E-state index in [0.29, 0.717) is 16.9 Å². The van der Waals surface area contributed by atoms with Crippen LogP contribution in [0.2, 0.25) is 0 Å². The van der Waals surface area contributed by atoms with E-state index in [9.17, 15) is 23.3 Å². The molecule has 1 fully saturated rings. The van der Waals surface area contributed by atoms with Crippen molar-refractivity contribution < 1.29 is 22.9 Å². The third kappa shape index (κ3) is 4.08. The molecule has 154 valence electrons. The molecule has 1 saturated heterocycles. The molecule has 0 radical (unpaired) electrons. The van der Waals surface area contributed by atoms with Crippen LogP contribution in [0.5, 0.6) is 5.75 Å². The molecular formula is C19H21N3O6S. The first-order valence-corrected chi connectivity index (χ1v) is 10.4. The Labute approximate surface area is 168 Å². The Balaban J connectivity index is 1.77. The Morgan fingerprint density at radius 1 is 1.10 bits per heavy atom. The van der Waals surface area contributed by atoms with Crippen LogP contribution in [-0.4, -0.2) is 61.7 Å². The van der Waals surface area contributed by atoms with Gasteiger partial charge in [-0.05, 0) is 24.6 Å². The Morgan fingerprint density at radius 2 is 1.76 bits per heavy atom. The number of hydrogen-bond acceptors (Lipinski definition) is 6. The van der Waals surface area contributed by atoms with Crippen LogP contribution >= 0.6 is 0 Å². The number of amides is 1. The molecule has 0 atom stereocenters. The maximum atomic E-state index is 13.0. The summed E-state index contributed by atoms with van der Waals surface area (Å²) in [6.45, 7) is 2.23. The molecule has 0 spiro atoms. The monoisotopic (exact) mass is 419 g/mol. The number of nitro groups is 1. The Hall–Kier alpha value is -2.98. The van der Waals surface area contributed by atoms with Crippen molar-refractivity contribution in [1.82, 2.24) is 9.21 Å². The summed E-state index contributed by atoms with van der Waals surface area (Å²) in [6, 6.07) is 10.6. The van der Waals surface area contributed by atoms with Crippen molar-refractivity contribution in [2.75, 3.05) is 33.3 Å². The van der Waals surface area contributed by atoms with Crippen LogP contribution in [0.15, 0.2) is 47.4 Å². The number of rotatable bonds is 5. The molecule has 1 heterocycles.